The molecule has 0 saturated carbocycles. The van der Waals surface area contributed by atoms with Gasteiger partial charge in [0.1, 0.15) is 5.82 Å². The number of carbonyl (C=O) groups is 2. The summed E-state index contributed by atoms with van der Waals surface area (Å²) < 4.78 is 54.2. The third kappa shape index (κ3) is 3.94. The quantitative estimate of drug-likeness (QED) is 0.662. The van der Waals surface area contributed by atoms with Crippen LogP contribution in [0.25, 0.3) is 0 Å². The normalized spacial score (nSPS) is 17.2. The van der Waals surface area contributed by atoms with Crippen molar-refractivity contribution in [3.63, 3.8) is 0 Å². The van der Waals surface area contributed by atoms with Gasteiger partial charge in [-0.1, -0.05) is 38.1 Å². The molecule has 8 heteroatoms. The zero-order valence-electron chi connectivity index (χ0n) is 16.2. The fourth-order valence-electron chi connectivity index (χ4n) is 3.46. The van der Waals surface area contributed by atoms with Gasteiger partial charge in [0.05, 0.1) is 17.2 Å². The highest BCUT2D eigenvalue weighted by Crippen LogP contribution is 2.43. The topological polar surface area (TPSA) is 57.6 Å². The lowest BCUT2D eigenvalue weighted by atomic mass is 9.91. The molecule has 1 amide bonds. The van der Waals surface area contributed by atoms with Gasteiger partial charge in [-0.2, -0.15) is 13.2 Å². The lowest BCUT2D eigenvalue weighted by molar-refractivity contribution is -0.137. The molecule has 1 unspecified atom stereocenters. The van der Waals surface area contributed by atoms with E-state index in [4.69, 9.17) is 0 Å². The second-order valence-corrected chi connectivity index (χ2v) is 7.43. The zero-order chi connectivity index (χ0) is 22.2. The third-order valence-corrected chi connectivity index (χ3v) is 4.75. The van der Waals surface area contributed by atoms with Gasteiger partial charge in [-0.05, 0) is 30.2 Å². The van der Waals surface area contributed by atoms with E-state index in [1.165, 1.54) is 24.3 Å². The van der Waals surface area contributed by atoms with Crippen LogP contribution in [0.3, 0.4) is 0 Å². The number of Topliss-reactive ketones (excluding diaryl/α,β-unsaturated/α-hetero) is 1. The maximum Gasteiger partial charge on any atom is 0.416 e. The Morgan fingerprint density at radius 1 is 1.13 bits per heavy atom. The first kappa shape index (κ1) is 21.5. The lowest BCUT2D eigenvalue weighted by Crippen LogP contribution is -2.32. The number of carbonyl (C=O) groups excluding carboxylic acids is 2. The number of aliphatic hydroxyl groups is 1. The van der Waals surface area contributed by atoms with Gasteiger partial charge in [-0.25, -0.2) is 4.39 Å². The first-order valence-corrected chi connectivity index (χ1v) is 9.24. The predicted molar refractivity (Wildman–Crippen MR) is 102 cm³/mol. The van der Waals surface area contributed by atoms with Crippen molar-refractivity contribution in [2.75, 3.05) is 4.90 Å². The van der Waals surface area contributed by atoms with Crippen LogP contribution in [0, 0.1) is 11.7 Å². The van der Waals surface area contributed by atoms with Crippen molar-refractivity contribution in [3.05, 3.63) is 76.8 Å². The molecule has 1 aliphatic heterocycles. The molecule has 0 aliphatic carbocycles. The van der Waals surface area contributed by atoms with Gasteiger partial charge >= 0.3 is 6.18 Å². The molecule has 1 atom stereocenters. The monoisotopic (exact) mass is 421 g/mol. The summed E-state index contributed by atoms with van der Waals surface area (Å²) in [7, 11) is 0. The van der Waals surface area contributed by atoms with E-state index in [9.17, 15) is 32.3 Å². The minimum absolute atomic E-state index is 0.0198. The molecule has 30 heavy (non-hydrogen) atoms. The Balaban J connectivity index is 2.19. The zero-order valence-corrected chi connectivity index (χ0v) is 16.2. The van der Waals surface area contributed by atoms with Crippen LogP contribution >= 0.6 is 0 Å². The number of nitrogens with zero attached hydrogens (tertiary/aromatic N) is 1. The van der Waals surface area contributed by atoms with Crippen molar-refractivity contribution in [1.29, 1.82) is 0 Å². The molecule has 0 saturated heterocycles. The highest BCUT2D eigenvalue weighted by atomic mass is 19.4. The number of amides is 1. The Hall–Kier alpha value is -3.16. The van der Waals surface area contributed by atoms with Crippen LogP contribution in [-0.4, -0.2) is 16.8 Å². The predicted octanol–water partition coefficient (Wildman–Crippen LogP) is 5.36. The van der Waals surface area contributed by atoms with Crippen molar-refractivity contribution in [3.8, 4) is 0 Å². The van der Waals surface area contributed by atoms with Crippen LogP contribution in [0.1, 0.15) is 37.4 Å². The number of alkyl halides is 3. The molecule has 4 nitrogen and oxygen atoms in total. The molecule has 0 fully saturated rings. The Labute approximate surface area is 170 Å². The van der Waals surface area contributed by atoms with E-state index in [-0.39, 0.29) is 29.2 Å². The summed E-state index contributed by atoms with van der Waals surface area (Å²) in [5.74, 6) is -3.38. The molecule has 0 aromatic heterocycles. The van der Waals surface area contributed by atoms with Crippen LogP contribution < -0.4 is 4.90 Å². The van der Waals surface area contributed by atoms with Gasteiger partial charge in [0, 0.05) is 17.7 Å². The summed E-state index contributed by atoms with van der Waals surface area (Å²) in [5.41, 5.74) is -1.64. The Morgan fingerprint density at radius 2 is 1.80 bits per heavy atom. The molecule has 0 spiro atoms. The number of aliphatic hydroxyl groups excluding tert-OH is 1. The number of benzene rings is 2. The Morgan fingerprint density at radius 3 is 2.40 bits per heavy atom. The maximum atomic E-state index is 14.6. The smallest absolute Gasteiger partial charge is 0.416 e. The fraction of sp³-hybridized carbons (Fsp3) is 0.273. The molecule has 0 bridgehead atoms. The number of ketones is 1. The summed E-state index contributed by atoms with van der Waals surface area (Å²) in [6.45, 7) is 3.52. The maximum absolute atomic E-state index is 14.6. The minimum Gasteiger partial charge on any atom is -0.503 e. The Bertz CT molecular complexity index is 1030. The number of hydrogen-bond acceptors (Lipinski definition) is 3. The molecule has 2 aromatic carbocycles. The van der Waals surface area contributed by atoms with Crippen molar-refractivity contribution < 1.29 is 32.3 Å². The van der Waals surface area contributed by atoms with Crippen molar-refractivity contribution in [2.24, 2.45) is 5.92 Å². The van der Waals surface area contributed by atoms with Crippen LogP contribution in [0.2, 0.25) is 0 Å². The van der Waals surface area contributed by atoms with Gasteiger partial charge < -0.3 is 5.11 Å². The fourth-order valence-corrected chi connectivity index (χ4v) is 3.46. The van der Waals surface area contributed by atoms with Gasteiger partial charge in [0.2, 0.25) is 0 Å². The van der Waals surface area contributed by atoms with E-state index >= 15 is 0 Å². The molecular weight excluding hydrogens is 402 g/mol. The van der Waals surface area contributed by atoms with Crippen LogP contribution in [0.4, 0.5) is 23.2 Å². The number of hydrogen-bond donors (Lipinski definition) is 1. The second-order valence-electron chi connectivity index (χ2n) is 7.43. The summed E-state index contributed by atoms with van der Waals surface area (Å²) in [4.78, 5) is 26.5. The largest absolute Gasteiger partial charge is 0.503 e. The second kappa shape index (κ2) is 7.93. The number of rotatable bonds is 5. The van der Waals surface area contributed by atoms with Crippen LogP contribution in [-0.2, 0) is 15.8 Å². The van der Waals surface area contributed by atoms with Gasteiger partial charge in [-0.15, -0.1) is 0 Å². The minimum atomic E-state index is -4.67. The SMILES string of the molecule is CC(C)CC(=O)C1=C(O)C(=O)N(c2cccc(C(F)(F)F)c2)C1c1ccccc1F. The van der Waals surface area contributed by atoms with E-state index < -0.39 is 41.0 Å². The van der Waals surface area contributed by atoms with Crippen molar-refractivity contribution in [2.45, 2.75) is 32.5 Å². The highest BCUT2D eigenvalue weighted by Gasteiger charge is 2.45. The highest BCUT2D eigenvalue weighted by molar-refractivity contribution is 6.16. The molecular formula is C22H19F4NO3. The number of anilines is 1. The van der Waals surface area contributed by atoms with E-state index in [2.05, 4.69) is 0 Å². The summed E-state index contributed by atoms with van der Waals surface area (Å²) in [6, 6.07) is 7.86. The average Bonchev–Trinajstić information content (AvgIpc) is 2.92. The summed E-state index contributed by atoms with van der Waals surface area (Å²) in [5, 5.41) is 10.4. The standard InChI is InChI=1S/C22H19F4NO3/c1-12(2)10-17(28)18-19(15-8-3-4-9-16(15)23)27(21(30)20(18)29)14-7-5-6-13(11-14)22(24,25)26/h3-9,11-12,19,29H,10H2,1-2H3. The van der Waals surface area contributed by atoms with E-state index in [1.54, 1.807) is 13.8 Å². The number of halogens is 4. The van der Waals surface area contributed by atoms with Crippen molar-refractivity contribution >= 4 is 17.4 Å². The summed E-state index contributed by atoms with van der Waals surface area (Å²) >= 11 is 0. The van der Waals surface area contributed by atoms with Gasteiger partial charge in [0.15, 0.2) is 11.5 Å². The molecule has 0 radical (unpaired) electrons. The molecule has 2 aromatic rings. The first-order chi connectivity index (χ1) is 14.0. The molecule has 1 heterocycles. The van der Waals surface area contributed by atoms with Crippen LogP contribution in [0.15, 0.2) is 59.9 Å². The lowest BCUT2D eigenvalue weighted by Gasteiger charge is -2.28. The van der Waals surface area contributed by atoms with Gasteiger partial charge in [-0.3, -0.25) is 14.5 Å². The first-order valence-electron chi connectivity index (χ1n) is 9.24. The van der Waals surface area contributed by atoms with Crippen molar-refractivity contribution in [1.82, 2.24) is 0 Å². The van der Waals surface area contributed by atoms with E-state index in [0.717, 1.165) is 29.2 Å². The Kier molecular flexibility index (Phi) is 5.70. The van der Waals surface area contributed by atoms with Crippen LogP contribution in [0.5, 0.6) is 0 Å². The van der Waals surface area contributed by atoms with Gasteiger partial charge in [0.25, 0.3) is 5.91 Å². The third-order valence-electron chi connectivity index (χ3n) is 4.75. The molecule has 1 aliphatic rings. The molecule has 158 valence electrons. The van der Waals surface area contributed by atoms with E-state index in [0.29, 0.717) is 0 Å². The summed E-state index contributed by atoms with van der Waals surface area (Å²) in [6.07, 6.45) is -4.69. The molecule has 1 N–H and O–H groups in total. The van der Waals surface area contributed by atoms with E-state index in [1.807, 2.05) is 0 Å². The molecule has 3 rings (SSSR count). The average molecular weight is 421 g/mol.